The van der Waals surface area contributed by atoms with E-state index in [9.17, 15) is 8.42 Å². The largest absolute Gasteiger partial charge is 0.370 e. The molecular weight excluding hydrogens is 246 g/mol. The molecule has 1 heterocycles. The van der Waals surface area contributed by atoms with E-state index >= 15 is 0 Å². The van der Waals surface area contributed by atoms with Crippen LogP contribution in [-0.2, 0) is 9.84 Å². The zero-order chi connectivity index (χ0) is 11.8. The highest BCUT2D eigenvalue weighted by atomic mass is 35.5. The second kappa shape index (κ2) is 4.26. The SMILES string of the molecule is CS(=O)(=O)c1ccc(Cl)cc1N1CCCC1. The second-order valence-electron chi connectivity index (χ2n) is 4.08. The van der Waals surface area contributed by atoms with E-state index in [4.69, 9.17) is 11.6 Å². The van der Waals surface area contributed by atoms with Crippen LogP contribution < -0.4 is 4.90 Å². The fourth-order valence-corrected chi connectivity index (χ4v) is 3.06. The van der Waals surface area contributed by atoms with Crippen LogP contribution in [0.4, 0.5) is 5.69 Å². The highest BCUT2D eigenvalue weighted by Crippen LogP contribution is 2.30. The minimum atomic E-state index is -3.19. The van der Waals surface area contributed by atoms with Crippen molar-refractivity contribution in [1.29, 1.82) is 0 Å². The monoisotopic (exact) mass is 259 g/mol. The van der Waals surface area contributed by atoms with E-state index in [2.05, 4.69) is 4.90 Å². The third-order valence-corrected chi connectivity index (χ3v) is 4.15. The van der Waals surface area contributed by atoms with Crippen LogP contribution in [0.2, 0.25) is 5.02 Å². The Morgan fingerprint density at radius 3 is 2.44 bits per heavy atom. The molecule has 1 aliphatic heterocycles. The average Bonchev–Trinajstić information content (AvgIpc) is 2.68. The fraction of sp³-hybridized carbons (Fsp3) is 0.455. The third kappa shape index (κ3) is 2.33. The van der Waals surface area contributed by atoms with E-state index in [1.54, 1.807) is 18.2 Å². The van der Waals surface area contributed by atoms with Crippen LogP contribution >= 0.6 is 11.6 Å². The van der Waals surface area contributed by atoms with Crippen molar-refractivity contribution in [1.82, 2.24) is 0 Å². The zero-order valence-corrected chi connectivity index (χ0v) is 10.7. The van der Waals surface area contributed by atoms with E-state index in [0.717, 1.165) is 31.6 Å². The van der Waals surface area contributed by atoms with Gasteiger partial charge in [0.2, 0.25) is 0 Å². The molecule has 1 saturated heterocycles. The van der Waals surface area contributed by atoms with Crippen molar-refractivity contribution in [2.45, 2.75) is 17.7 Å². The third-order valence-electron chi connectivity index (χ3n) is 2.77. The lowest BCUT2D eigenvalue weighted by Gasteiger charge is -2.20. The molecule has 0 saturated carbocycles. The van der Waals surface area contributed by atoms with E-state index in [1.165, 1.54) is 6.26 Å². The summed E-state index contributed by atoms with van der Waals surface area (Å²) in [6, 6.07) is 4.95. The van der Waals surface area contributed by atoms with Crippen LogP contribution in [0, 0.1) is 0 Å². The van der Waals surface area contributed by atoms with E-state index in [-0.39, 0.29) is 0 Å². The van der Waals surface area contributed by atoms with Gasteiger partial charge in [0.1, 0.15) is 0 Å². The number of benzene rings is 1. The zero-order valence-electron chi connectivity index (χ0n) is 9.11. The molecule has 0 N–H and O–H groups in total. The normalized spacial score (nSPS) is 16.8. The molecule has 0 bridgehead atoms. The minimum Gasteiger partial charge on any atom is -0.370 e. The van der Waals surface area contributed by atoms with Crippen molar-refractivity contribution >= 4 is 27.1 Å². The quantitative estimate of drug-likeness (QED) is 0.818. The number of halogens is 1. The molecule has 16 heavy (non-hydrogen) atoms. The minimum absolute atomic E-state index is 0.374. The highest BCUT2D eigenvalue weighted by Gasteiger charge is 2.20. The molecule has 1 aromatic carbocycles. The van der Waals surface area contributed by atoms with Gasteiger partial charge >= 0.3 is 0 Å². The first-order valence-electron chi connectivity index (χ1n) is 5.23. The van der Waals surface area contributed by atoms with Crippen molar-refractivity contribution in [2.24, 2.45) is 0 Å². The van der Waals surface area contributed by atoms with Crippen molar-refractivity contribution < 1.29 is 8.42 Å². The highest BCUT2D eigenvalue weighted by molar-refractivity contribution is 7.90. The standard InChI is InChI=1S/C11H14ClNO2S/c1-16(14,15)11-5-4-9(12)8-10(11)13-6-2-3-7-13/h4-5,8H,2-3,6-7H2,1H3. The molecule has 88 valence electrons. The molecule has 5 heteroatoms. The van der Waals surface area contributed by atoms with Gasteiger partial charge in [-0.05, 0) is 31.0 Å². The molecule has 0 spiro atoms. The smallest absolute Gasteiger partial charge is 0.177 e. The Kier molecular flexibility index (Phi) is 3.13. The molecule has 3 nitrogen and oxygen atoms in total. The summed E-state index contributed by atoms with van der Waals surface area (Å²) in [4.78, 5) is 2.46. The van der Waals surface area contributed by atoms with Crippen molar-refractivity contribution in [3.8, 4) is 0 Å². The number of hydrogen-bond donors (Lipinski definition) is 0. The van der Waals surface area contributed by atoms with Gasteiger partial charge in [0.05, 0.1) is 10.6 Å². The van der Waals surface area contributed by atoms with Gasteiger partial charge in [0.25, 0.3) is 0 Å². The van der Waals surface area contributed by atoms with Crippen molar-refractivity contribution in [2.75, 3.05) is 24.2 Å². The van der Waals surface area contributed by atoms with E-state index in [0.29, 0.717) is 9.92 Å². The molecule has 1 fully saturated rings. The fourth-order valence-electron chi connectivity index (χ4n) is 2.01. The Morgan fingerprint density at radius 2 is 1.88 bits per heavy atom. The molecular formula is C11H14ClNO2S. The lowest BCUT2D eigenvalue weighted by Crippen LogP contribution is -2.20. The molecule has 0 amide bonds. The van der Waals surface area contributed by atoms with Crippen LogP contribution in [-0.4, -0.2) is 27.8 Å². The summed E-state index contributed by atoms with van der Waals surface area (Å²) in [7, 11) is -3.19. The summed E-state index contributed by atoms with van der Waals surface area (Å²) >= 11 is 5.92. The Morgan fingerprint density at radius 1 is 1.25 bits per heavy atom. The van der Waals surface area contributed by atoms with Gasteiger partial charge in [-0.1, -0.05) is 11.6 Å². The maximum atomic E-state index is 11.7. The summed E-state index contributed by atoms with van der Waals surface area (Å²) in [5.41, 5.74) is 0.743. The lowest BCUT2D eigenvalue weighted by atomic mass is 10.3. The van der Waals surface area contributed by atoms with Gasteiger partial charge in [0.15, 0.2) is 9.84 Å². The van der Waals surface area contributed by atoms with Crippen LogP contribution in [0.1, 0.15) is 12.8 Å². The van der Waals surface area contributed by atoms with E-state index < -0.39 is 9.84 Å². The number of sulfone groups is 1. The summed E-state index contributed by atoms with van der Waals surface area (Å²) in [6.45, 7) is 1.81. The molecule has 1 aromatic rings. The summed E-state index contributed by atoms with van der Waals surface area (Å²) < 4.78 is 23.3. The topological polar surface area (TPSA) is 37.4 Å². The number of anilines is 1. The molecule has 0 unspecified atom stereocenters. The predicted molar refractivity (Wildman–Crippen MR) is 66.0 cm³/mol. The average molecular weight is 260 g/mol. The Bertz CT molecular complexity index is 493. The summed E-state index contributed by atoms with van der Waals surface area (Å²) in [5, 5.41) is 0.578. The number of nitrogens with zero attached hydrogens (tertiary/aromatic N) is 1. The van der Waals surface area contributed by atoms with Crippen molar-refractivity contribution in [3.05, 3.63) is 23.2 Å². The molecule has 2 rings (SSSR count). The first-order valence-corrected chi connectivity index (χ1v) is 7.50. The first-order chi connectivity index (χ1) is 7.48. The maximum absolute atomic E-state index is 11.7. The van der Waals surface area contributed by atoms with Gasteiger partial charge in [-0.15, -0.1) is 0 Å². The van der Waals surface area contributed by atoms with Gasteiger partial charge in [-0.2, -0.15) is 0 Å². The van der Waals surface area contributed by atoms with Gasteiger partial charge in [0, 0.05) is 24.4 Å². The summed E-state index contributed by atoms with van der Waals surface area (Å²) in [5.74, 6) is 0. The van der Waals surface area contributed by atoms with Gasteiger partial charge in [-0.25, -0.2) is 8.42 Å². The Hall–Kier alpha value is -0.740. The van der Waals surface area contributed by atoms with Crippen LogP contribution in [0.3, 0.4) is 0 Å². The molecule has 1 aliphatic rings. The lowest BCUT2D eigenvalue weighted by molar-refractivity contribution is 0.601. The van der Waals surface area contributed by atoms with Crippen LogP contribution in [0.15, 0.2) is 23.1 Å². The molecule has 0 aromatic heterocycles. The van der Waals surface area contributed by atoms with Crippen molar-refractivity contribution in [3.63, 3.8) is 0 Å². The van der Waals surface area contributed by atoms with Gasteiger partial charge < -0.3 is 4.90 Å². The van der Waals surface area contributed by atoms with Crippen LogP contribution in [0.5, 0.6) is 0 Å². The Balaban J connectivity index is 2.52. The second-order valence-corrected chi connectivity index (χ2v) is 6.50. The molecule has 0 atom stereocenters. The number of hydrogen-bond acceptors (Lipinski definition) is 3. The number of rotatable bonds is 2. The van der Waals surface area contributed by atoms with Crippen LogP contribution in [0.25, 0.3) is 0 Å². The maximum Gasteiger partial charge on any atom is 0.177 e. The first kappa shape index (κ1) is 11.7. The molecule has 0 aliphatic carbocycles. The van der Waals surface area contributed by atoms with Gasteiger partial charge in [-0.3, -0.25) is 0 Å². The predicted octanol–water partition coefficient (Wildman–Crippen LogP) is 2.34. The molecule has 0 radical (unpaired) electrons. The Labute approximate surface area is 101 Å². The van der Waals surface area contributed by atoms with E-state index in [1.807, 2.05) is 0 Å². The summed E-state index contributed by atoms with van der Waals surface area (Å²) in [6.07, 6.45) is 3.45.